The zero-order chi connectivity index (χ0) is 12.4. The van der Waals surface area contributed by atoms with E-state index in [0.29, 0.717) is 24.5 Å². The van der Waals surface area contributed by atoms with Gasteiger partial charge in [0.05, 0.1) is 6.54 Å². The molecule has 18 heavy (non-hydrogen) atoms. The summed E-state index contributed by atoms with van der Waals surface area (Å²) in [4.78, 5) is 16.7. The number of hydrogen-bond donors (Lipinski definition) is 1. The lowest BCUT2D eigenvalue weighted by molar-refractivity contribution is -0.129. The van der Waals surface area contributed by atoms with Crippen LogP contribution in [-0.4, -0.2) is 60.5 Å². The van der Waals surface area contributed by atoms with Crippen molar-refractivity contribution in [1.29, 1.82) is 0 Å². The Kier molecular flexibility index (Phi) is 3.85. The Labute approximate surface area is 110 Å². The highest BCUT2D eigenvalue weighted by Crippen LogP contribution is 2.21. The fraction of sp³-hybridized carbons (Fsp3) is 0.929. The third kappa shape index (κ3) is 3.04. The summed E-state index contributed by atoms with van der Waals surface area (Å²) in [7, 11) is 0. The maximum atomic E-state index is 12.1. The molecule has 3 fully saturated rings. The molecule has 1 N–H and O–H groups in total. The zero-order valence-corrected chi connectivity index (χ0v) is 11.2. The summed E-state index contributed by atoms with van der Waals surface area (Å²) in [6, 6.07) is 1.27. The molecule has 102 valence electrons. The van der Waals surface area contributed by atoms with E-state index in [1.807, 2.05) is 0 Å². The molecule has 1 unspecified atom stereocenters. The molecule has 2 aliphatic heterocycles. The van der Waals surface area contributed by atoms with Gasteiger partial charge in [0.15, 0.2) is 0 Å². The van der Waals surface area contributed by atoms with Crippen LogP contribution in [-0.2, 0) is 4.79 Å². The number of amides is 1. The molecule has 1 aliphatic carbocycles. The highest BCUT2D eigenvalue weighted by molar-refractivity contribution is 5.78. The molecule has 0 spiro atoms. The second kappa shape index (κ2) is 5.57. The van der Waals surface area contributed by atoms with E-state index in [9.17, 15) is 4.79 Å². The lowest BCUT2D eigenvalue weighted by Gasteiger charge is -2.32. The molecule has 3 rings (SSSR count). The predicted octanol–water partition coefficient (Wildman–Crippen LogP) is 0.825. The van der Waals surface area contributed by atoms with Gasteiger partial charge in [-0.15, -0.1) is 0 Å². The maximum absolute atomic E-state index is 12.1. The first-order valence-electron chi connectivity index (χ1n) is 7.58. The molecule has 2 heterocycles. The zero-order valence-electron chi connectivity index (χ0n) is 11.2. The average Bonchev–Trinajstić information content (AvgIpc) is 3.11. The van der Waals surface area contributed by atoms with Gasteiger partial charge in [0.1, 0.15) is 0 Å². The molecular weight excluding hydrogens is 226 g/mol. The van der Waals surface area contributed by atoms with E-state index in [-0.39, 0.29) is 0 Å². The third-order valence-electron chi connectivity index (χ3n) is 4.54. The summed E-state index contributed by atoms with van der Waals surface area (Å²) in [6.45, 7) is 4.97. The molecular formula is C14H25N3O. The van der Waals surface area contributed by atoms with Gasteiger partial charge < -0.3 is 10.2 Å². The monoisotopic (exact) mass is 251 g/mol. The van der Waals surface area contributed by atoms with Crippen LogP contribution in [0.3, 0.4) is 0 Å². The molecule has 0 aromatic carbocycles. The summed E-state index contributed by atoms with van der Waals surface area (Å²) in [5, 5.41) is 3.32. The molecule has 0 aromatic rings. The van der Waals surface area contributed by atoms with Crippen LogP contribution < -0.4 is 5.32 Å². The van der Waals surface area contributed by atoms with Crippen molar-refractivity contribution in [2.45, 2.75) is 50.6 Å². The molecule has 0 radical (unpaired) electrons. The molecule has 2 saturated heterocycles. The Balaban J connectivity index is 1.43. The van der Waals surface area contributed by atoms with Gasteiger partial charge in [-0.25, -0.2) is 0 Å². The Morgan fingerprint density at radius 2 is 1.83 bits per heavy atom. The Hall–Kier alpha value is -0.610. The van der Waals surface area contributed by atoms with Crippen molar-refractivity contribution in [3.63, 3.8) is 0 Å². The van der Waals surface area contributed by atoms with Gasteiger partial charge in [-0.05, 0) is 45.2 Å². The quantitative estimate of drug-likeness (QED) is 0.804. The van der Waals surface area contributed by atoms with Gasteiger partial charge >= 0.3 is 0 Å². The van der Waals surface area contributed by atoms with E-state index in [1.54, 1.807) is 0 Å². The van der Waals surface area contributed by atoms with E-state index < -0.39 is 0 Å². The third-order valence-corrected chi connectivity index (χ3v) is 4.54. The van der Waals surface area contributed by atoms with Crippen molar-refractivity contribution >= 4 is 5.91 Å². The van der Waals surface area contributed by atoms with Crippen LogP contribution in [0.15, 0.2) is 0 Å². The number of carbonyl (C=O) groups is 1. The van der Waals surface area contributed by atoms with E-state index in [0.717, 1.165) is 13.1 Å². The summed E-state index contributed by atoms with van der Waals surface area (Å²) < 4.78 is 0. The van der Waals surface area contributed by atoms with Crippen LogP contribution in [0.1, 0.15) is 38.5 Å². The predicted molar refractivity (Wildman–Crippen MR) is 71.4 cm³/mol. The van der Waals surface area contributed by atoms with Crippen molar-refractivity contribution in [2.24, 2.45) is 0 Å². The molecule has 0 aromatic heterocycles. The van der Waals surface area contributed by atoms with Crippen LogP contribution in [0.2, 0.25) is 0 Å². The van der Waals surface area contributed by atoms with Gasteiger partial charge in [-0.2, -0.15) is 0 Å². The molecule has 4 heteroatoms. The number of nitrogens with one attached hydrogen (secondary N) is 1. The van der Waals surface area contributed by atoms with Gasteiger partial charge in [0, 0.05) is 25.2 Å². The largest absolute Gasteiger partial charge is 0.340 e. The lowest BCUT2D eigenvalue weighted by Crippen LogP contribution is -2.43. The molecule has 3 aliphatic rings. The number of nitrogens with zero attached hydrogens (tertiary/aromatic N) is 2. The second-order valence-electron chi connectivity index (χ2n) is 6.03. The van der Waals surface area contributed by atoms with Crippen molar-refractivity contribution < 1.29 is 4.79 Å². The van der Waals surface area contributed by atoms with E-state index >= 15 is 0 Å². The first-order chi connectivity index (χ1) is 8.83. The highest BCUT2D eigenvalue weighted by atomic mass is 16.2. The smallest absolute Gasteiger partial charge is 0.236 e. The molecule has 1 saturated carbocycles. The van der Waals surface area contributed by atoms with Crippen LogP contribution in [0.5, 0.6) is 0 Å². The Bertz CT molecular complexity index is 297. The topological polar surface area (TPSA) is 35.6 Å². The van der Waals surface area contributed by atoms with Crippen molar-refractivity contribution in [1.82, 2.24) is 15.1 Å². The van der Waals surface area contributed by atoms with E-state index in [4.69, 9.17) is 0 Å². The first kappa shape index (κ1) is 12.4. The molecule has 0 bridgehead atoms. The Morgan fingerprint density at radius 3 is 2.56 bits per heavy atom. The van der Waals surface area contributed by atoms with Gasteiger partial charge in [0.2, 0.25) is 5.91 Å². The first-order valence-corrected chi connectivity index (χ1v) is 7.58. The molecule has 4 nitrogen and oxygen atoms in total. The highest BCUT2D eigenvalue weighted by Gasteiger charge is 2.31. The van der Waals surface area contributed by atoms with Crippen LogP contribution in [0, 0.1) is 0 Å². The van der Waals surface area contributed by atoms with Crippen LogP contribution >= 0.6 is 0 Å². The average molecular weight is 251 g/mol. The van der Waals surface area contributed by atoms with Crippen molar-refractivity contribution in [3.05, 3.63) is 0 Å². The summed E-state index contributed by atoms with van der Waals surface area (Å²) >= 11 is 0. The standard InChI is InChI=1S/C14H25N3O/c18-14(10-15-12-4-5-12)17-9-6-13(11-17)16-7-2-1-3-8-16/h12-13,15H,1-11H2. The molecule has 1 atom stereocenters. The number of piperidine rings is 1. The van der Waals surface area contributed by atoms with Crippen molar-refractivity contribution in [3.8, 4) is 0 Å². The number of rotatable bonds is 4. The van der Waals surface area contributed by atoms with Crippen LogP contribution in [0.25, 0.3) is 0 Å². The summed E-state index contributed by atoms with van der Waals surface area (Å²) in [5.41, 5.74) is 0. The van der Waals surface area contributed by atoms with E-state index in [1.165, 1.54) is 51.6 Å². The normalized spacial score (nSPS) is 29.8. The number of carbonyl (C=O) groups excluding carboxylic acids is 1. The van der Waals surface area contributed by atoms with Gasteiger partial charge in [0.25, 0.3) is 0 Å². The number of likely N-dealkylation sites (tertiary alicyclic amines) is 2. The summed E-state index contributed by atoms with van der Waals surface area (Å²) in [5.74, 6) is 0.307. The maximum Gasteiger partial charge on any atom is 0.236 e. The minimum atomic E-state index is 0.307. The minimum absolute atomic E-state index is 0.307. The lowest BCUT2D eigenvalue weighted by atomic mass is 10.1. The summed E-state index contributed by atoms with van der Waals surface area (Å²) in [6.07, 6.45) is 7.75. The Morgan fingerprint density at radius 1 is 1.06 bits per heavy atom. The van der Waals surface area contributed by atoms with Gasteiger partial charge in [-0.1, -0.05) is 6.42 Å². The molecule has 1 amide bonds. The van der Waals surface area contributed by atoms with Crippen molar-refractivity contribution in [2.75, 3.05) is 32.7 Å². The SMILES string of the molecule is O=C(CNC1CC1)N1CCC(N2CCCCC2)C1. The fourth-order valence-electron chi connectivity index (χ4n) is 3.18. The van der Waals surface area contributed by atoms with E-state index in [2.05, 4.69) is 15.1 Å². The van der Waals surface area contributed by atoms with Crippen LogP contribution in [0.4, 0.5) is 0 Å². The van der Waals surface area contributed by atoms with Gasteiger partial charge in [-0.3, -0.25) is 9.69 Å². The fourth-order valence-corrected chi connectivity index (χ4v) is 3.18. The minimum Gasteiger partial charge on any atom is -0.340 e. The second-order valence-corrected chi connectivity index (χ2v) is 6.03. The number of hydrogen-bond acceptors (Lipinski definition) is 3.